The van der Waals surface area contributed by atoms with Crippen LogP contribution >= 0.6 is 0 Å². The third-order valence-corrected chi connectivity index (χ3v) is 1.48. The van der Waals surface area contributed by atoms with Gasteiger partial charge in [-0.3, -0.25) is 0 Å². The molecule has 0 fully saturated rings. The Hall–Kier alpha value is -1.56. The molecular formula is C14H18. The van der Waals surface area contributed by atoms with Gasteiger partial charge in [-0.05, 0) is 12.8 Å². The smallest absolute Gasteiger partial charge is 0.0163 e. The quantitative estimate of drug-likeness (QED) is 0.534. The van der Waals surface area contributed by atoms with Crippen molar-refractivity contribution in [1.82, 2.24) is 0 Å². The van der Waals surface area contributed by atoms with Crippen molar-refractivity contribution in [2.24, 2.45) is 0 Å². The van der Waals surface area contributed by atoms with Gasteiger partial charge in [-0.25, -0.2) is 0 Å². The average Bonchev–Trinajstić information content (AvgIpc) is 2.94. The van der Waals surface area contributed by atoms with Gasteiger partial charge >= 0.3 is 0 Å². The van der Waals surface area contributed by atoms with Crippen molar-refractivity contribution < 1.29 is 0 Å². The number of hydrogen-bond acceptors (Lipinski definition) is 0. The number of allylic oxidation sites excluding steroid dienone is 10. The Balaban J connectivity index is 0.000000183. The van der Waals surface area contributed by atoms with E-state index in [0.717, 1.165) is 12.8 Å². The lowest BCUT2D eigenvalue weighted by molar-refractivity contribution is 1.45. The maximum absolute atomic E-state index is 3.36. The molecule has 0 saturated heterocycles. The normalized spacial score (nSPS) is 14.0. The fraction of sp³-hybridized carbons (Fsp3) is 0.143. The highest BCUT2D eigenvalue weighted by Gasteiger charge is 1.72. The van der Waals surface area contributed by atoms with E-state index < -0.39 is 0 Å². The fourth-order valence-electron chi connectivity index (χ4n) is 0.786. The Morgan fingerprint density at radius 3 is 1.00 bits per heavy atom. The fourth-order valence-corrected chi connectivity index (χ4v) is 0.786. The van der Waals surface area contributed by atoms with Crippen molar-refractivity contribution >= 4 is 0 Å². The van der Waals surface area contributed by atoms with Crippen LogP contribution in [0, 0.1) is 0 Å². The van der Waals surface area contributed by atoms with E-state index in [1.807, 2.05) is 0 Å². The monoisotopic (exact) mass is 186 g/mol. The van der Waals surface area contributed by atoms with E-state index in [9.17, 15) is 0 Å². The van der Waals surface area contributed by atoms with Gasteiger partial charge in [0.2, 0.25) is 0 Å². The van der Waals surface area contributed by atoms with Crippen LogP contribution in [0.25, 0.3) is 0 Å². The second-order valence-electron chi connectivity index (χ2n) is 2.66. The third kappa shape index (κ3) is 10.4. The third-order valence-electron chi connectivity index (χ3n) is 1.48. The second kappa shape index (κ2) is 11.4. The second-order valence-corrected chi connectivity index (χ2v) is 2.66. The molecule has 0 radical (unpaired) electrons. The molecule has 74 valence electrons. The van der Waals surface area contributed by atoms with E-state index in [0.29, 0.717) is 0 Å². The van der Waals surface area contributed by atoms with Crippen LogP contribution in [0.5, 0.6) is 0 Å². The Bertz CT molecular complexity index is 201. The maximum atomic E-state index is 3.36. The Morgan fingerprint density at radius 1 is 0.643 bits per heavy atom. The van der Waals surface area contributed by atoms with Gasteiger partial charge < -0.3 is 0 Å². The topological polar surface area (TPSA) is 0 Å². The first kappa shape index (κ1) is 12.4. The van der Waals surface area contributed by atoms with E-state index in [1.165, 1.54) is 0 Å². The van der Waals surface area contributed by atoms with Crippen LogP contribution in [-0.4, -0.2) is 0 Å². The number of rotatable bonds is 1. The van der Waals surface area contributed by atoms with Gasteiger partial charge in [0.1, 0.15) is 0 Å². The summed E-state index contributed by atoms with van der Waals surface area (Å²) in [5, 5.41) is 0. The number of hydrogen-bond donors (Lipinski definition) is 0. The van der Waals surface area contributed by atoms with Crippen LogP contribution in [0.2, 0.25) is 0 Å². The van der Waals surface area contributed by atoms with Crippen LogP contribution in [0.15, 0.2) is 73.9 Å². The van der Waals surface area contributed by atoms with Gasteiger partial charge in [0, 0.05) is 0 Å². The molecule has 0 atom stereocenters. The zero-order valence-electron chi connectivity index (χ0n) is 8.60. The van der Waals surface area contributed by atoms with Crippen LogP contribution < -0.4 is 0 Å². The molecule has 0 aromatic rings. The molecule has 0 bridgehead atoms. The molecular weight excluding hydrogens is 168 g/mol. The standard InChI is InChI=1S/2C5H6.C4H6/c2*1-2-4-5-3-1;1-3-4-2/h2*1-4H,5H2;3-4H,1-2H2. The molecule has 2 aliphatic rings. The van der Waals surface area contributed by atoms with E-state index in [-0.39, 0.29) is 0 Å². The molecule has 0 aromatic carbocycles. The van der Waals surface area contributed by atoms with Gasteiger partial charge in [0.05, 0.1) is 0 Å². The minimum atomic E-state index is 1.14. The summed E-state index contributed by atoms with van der Waals surface area (Å²) >= 11 is 0. The highest BCUT2D eigenvalue weighted by molar-refractivity contribution is 5.12. The molecule has 14 heavy (non-hydrogen) atoms. The molecule has 0 nitrogen and oxygen atoms in total. The summed E-state index contributed by atoms with van der Waals surface area (Å²) in [6, 6.07) is 0. The molecule has 0 heterocycles. The van der Waals surface area contributed by atoms with Crippen molar-refractivity contribution in [3.8, 4) is 0 Å². The zero-order chi connectivity index (χ0) is 10.5. The SMILES string of the molecule is C1=CCC=C1.C1=CCC=C1.C=CC=C. The van der Waals surface area contributed by atoms with E-state index in [2.05, 4.69) is 61.8 Å². The Morgan fingerprint density at radius 2 is 0.929 bits per heavy atom. The van der Waals surface area contributed by atoms with Crippen LogP contribution in [0.1, 0.15) is 12.8 Å². The molecule has 0 amide bonds. The lowest BCUT2D eigenvalue weighted by Gasteiger charge is -1.57. The highest BCUT2D eigenvalue weighted by Crippen LogP contribution is 1.93. The Kier molecular flexibility index (Phi) is 10.2. The van der Waals surface area contributed by atoms with Gasteiger partial charge in [0.25, 0.3) is 0 Å². The molecule has 2 aliphatic carbocycles. The van der Waals surface area contributed by atoms with Crippen molar-refractivity contribution in [2.45, 2.75) is 12.8 Å². The van der Waals surface area contributed by atoms with E-state index in [4.69, 9.17) is 0 Å². The van der Waals surface area contributed by atoms with Gasteiger partial charge in [-0.15, -0.1) is 0 Å². The summed E-state index contributed by atoms with van der Waals surface area (Å²) in [5.74, 6) is 0. The summed E-state index contributed by atoms with van der Waals surface area (Å²) in [5.41, 5.74) is 0. The minimum absolute atomic E-state index is 1.14. The predicted octanol–water partition coefficient (Wildman–Crippen LogP) is 4.36. The average molecular weight is 186 g/mol. The first-order chi connectivity index (χ1) is 6.91. The molecule has 0 saturated carbocycles. The lowest BCUT2D eigenvalue weighted by Crippen LogP contribution is -1.37. The molecule has 0 aliphatic heterocycles. The molecule has 0 spiro atoms. The zero-order valence-corrected chi connectivity index (χ0v) is 8.60. The molecule has 2 rings (SSSR count). The summed E-state index contributed by atoms with van der Waals surface area (Å²) in [7, 11) is 0. The van der Waals surface area contributed by atoms with Crippen LogP contribution in [-0.2, 0) is 0 Å². The summed E-state index contributed by atoms with van der Waals surface area (Å²) in [6.07, 6.45) is 22.3. The van der Waals surface area contributed by atoms with Crippen molar-refractivity contribution in [3.63, 3.8) is 0 Å². The molecule has 0 heteroatoms. The predicted molar refractivity (Wildman–Crippen MR) is 66.2 cm³/mol. The molecule has 0 aromatic heterocycles. The first-order valence-corrected chi connectivity index (χ1v) is 4.78. The summed E-state index contributed by atoms with van der Waals surface area (Å²) in [4.78, 5) is 0. The van der Waals surface area contributed by atoms with Crippen molar-refractivity contribution in [3.05, 3.63) is 73.9 Å². The summed E-state index contributed by atoms with van der Waals surface area (Å²) < 4.78 is 0. The van der Waals surface area contributed by atoms with Crippen LogP contribution in [0.3, 0.4) is 0 Å². The molecule has 0 N–H and O–H groups in total. The molecule has 0 unspecified atom stereocenters. The van der Waals surface area contributed by atoms with Gasteiger partial charge in [-0.2, -0.15) is 0 Å². The van der Waals surface area contributed by atoms with Crippen LogP contribution in [0.4, 0.5) is 0 Å². The van der Waals surface area contributed by atoms with Gasteiger partial charge in [0.15, 0.2) is 0 Å². The largest absolute Gasteiger partial charge is 0.0991 e. The van der Waals surface area contributed by atoms with Gasteiger partial charge in [-0.1, -0.05) is 73.9 Å². The van der Waals surface area contributed by atoms with E-state index >= 15 is 0 Å². The van der Waals surface area contributed by atoms with Crippen molar-refractivity contribution in [2.75, 3.05) is 0 Å². The first-order valence-electron chi connectivity index (χ1n) is 4.78. The Labute approximate surface area is 87.3 Å². The highest BCUT2D eigenvalue weighted by atomic mass is 13.8. The minimum Gasteiger partial charge on any atom is -0.0991 e. The van der Waals surface area contributed by atoms with E-state index in [1.54, 1.807) is 12.2 Å². The maximum Gasteiger partial charge on any atom is -0.0163 e. The summed E-state index contributed by atoms with van der Waals surface area (Å²) in [6.45, 7) is 6.72. The lowest BCUT2D eigenvalue weighted by atomic mass is 10.5. The van der Waals surface area contributed by atoms with Crippen molar-refractivity contribution in [1.29, 1.82) is 0 Å².